The van der Waals surface area contributed by atoms with Gasteiger partial charge in [-0.05, 0) is 0 Å². The molecule has 2 radical (unpaired) electrons. The Morgan fingerprint density at radius 1 is 2.00 bits per heavy atom. The zero-order valence-corrected chi connectivity index (χ0v) is 4.10. The lowest BCUT2D eigenvalue weighted by atomic mass is 10.8. The third-order valence-electron chi connectivity index (χ3n) is 0.204. The van der Waals surface area contributed by atoms with Gasteiger partial charge in [0.15, 0.2) is 0 Å². The highest BCUT2D eigenvalue weighted by Gasteiger charge is 1.86. The van der Waals surface area contributed by atoms with Crippen molar-refractivity contribution in [3.05, 3.63) is 0 Å². The summed E-state index contributed by atoms with van der Waals surface area (Å²) in [5.74, 6) is 0. The molecule has 3 heteroatoms. The van der Waals surface area contributed by atoms with Gasteiger partial charge < -0.3 is 10.5 Å². The summed E-state index contributed by atoms with van der Waals surface area (Å²) in [4.78, 5) is 8.05. The third-order valence-corrected chi connectivity index (χ3v) is 0.611. The topological polar surface area (TPSA) is 46.2 Å². The molecule has 1 atom stereocenters. The van der Waals surface area contributed by atoms with Crippen LogP contribution in [0.1, 0.15) is 6.92 Å². The Hall–Kier alpha value is 0.137. The Morgan fingerprint density at radius 3 is 2.20 bits per heavy atom. The maximum Gasteiger partial charge on any atom is 0.242 e. The molecule has 2 nitrogen and oxygen atoms in total. The van der Waals surface area contributed by atoms with Gasteiger partial charge in [-0.15, -0.1) is 0 Å². The van der Waals surface area contributed by atoms with Gasteiger partial charge in [-0.1, -0.05) is 6.92 Å². The molecule has 0 saturated carbocycles. The Kier molecular flexibility index (Phi) is 2.44. The van der Waals surface area contributed by atoms with Crippen LogP contribution in [0.2, 0.25) is 0 Å². The standard InChI is InChI=1S/C2H7NOSi/c1-2(3)5-4/h2,4H,3H2,1H3. The summed E-state index contributed by atoms with van der Waals surface area (Å²) >= 11 is 0. The molecule has 0 bridgehead atoms. The average Bonchev–Trinajstić information content (AvgIpc) is 1.38. The molecule has 3 N–H and O–H groups in total. The van der Waals surface area contributed by atoms with Gasteiger partial charge in [0.25, 0.3) is 0 Å². The first-order valence-corrected chi connectivity index (χ1v) is 2.45. The van der Waals surface area contributed by atoms with Gasteiger partial charge in [-0.2, -0.15) is 0 Å². The normalized spacial score (nSPS) is 15.0. The summed E-state index contributed by atoms with van der Waals surface area (Å²) in [6, 6.07) is 0. The molecule has 30 valence electrons. The fourth-order valence-corrected chi connectivity index (χ4v) is 0. The van der Waals surface area contributed by atoms with Crippen molar-refractivity contribution in [2.24, 2.45) is 5.73 Å². The van der Waals surface area contributed by atoms with Crippen molar-refractivity contribution in [3.63, 3.8) is 0 Å². The van der Waals surface area contributed by atoms with Crippen molar-refractivity contribution in [2.45, 2.75) is 12.6 Å². The maximum absolute atomic E-state index is 8.05. The van der Waals surface area contributed by atoms with Crippen molar-refractivity contribution in [1.82, 2.24) is 0 Å². The fraction of sp³-hybridized carbons (Fsp3) is 1.00. The summed E-state index contributed by atoms with van der Waals surface area (Å²) in [5, 5.41) is 0. The summed E-state index contributed by atoms with van der Waals surface area (Å²) in [6.45, 7) is 1.76. The van der Waals surface area contributed by atoms with E-state index in [4.69, 9.17) is 10.5 Å². The van der Waals surface area contributed by atoms with Gasteiger partial charge in [-0.25, -0.2) is 0 Å². The molecule has 0 aromatic carbocycles. The molecule has 1 unspecified atom stereocenters. The van der Waals surface area contributed by atoms with Crippen LogP contribution in [-0.4, -0.2) is 20.2 Å². The Morgan fingerprint density at radius 2 is 2.20 bits per heavy atom. The molecule has 0 aliphatic carbocycles. The minimum Gasteiger partial charge on any atom is -0.430 e. The summed E-state index contributed by atoms with van der Waals surface area (Å²) in [6.07, 6.45) is 0. The first kappa shape index (κ1) is 5.14. The molecule has 0 aliphatic rings. The van der Waals surface area contributed by atoms with Crippen molar-refractivity contribution in [2.75, 3.05) is 0 Å². The monoisotopic (exact) mass is 89.0 g/mol. The van der Waals surface area contributed by atoms with E-state index in [9.17, 15) is 0 Å². The van der Waals surface area contributed by atoms with Gasteiger partial charge in [-0.3, -0.25) is 0 Å². The fourth-order valence-electron chi connectivity index (χ4n) is 0. The largest absolute Gasteiger partial charge is 0.430 e. The van der Waals surface area contributed by atoms with Crippen LogP contribution in [-0.2, 0) is 0 Å². The van der Waals surface area contributed by atoms with E-state index in [0.29, 0.717) is 0 Å². The quantitative estimate of drug-likeness (QED) is 0.401. The summed E-state index contributed by atoms with van der Waals surface area (Å²) < 4.78 is 0. The Labute approximate surface area is 33.9 Å². The van der Waals surface area contributed by atoms with Gasteiger partial charge in [0, 0.05) is 5.67 Å². The smallest absolute Gasteiger partial charge is 0.242 e. The molecule has 0 heterocycles. The SMILES string of the molecule is CC(N)[Si]O. The zero-order chi connectivity index (χ0) is 4.28. The first-order valence-electron chi connectivity index (χ1n) is 1.42. The predicted molar refractivity (Wildman–Crippen MR) is 21.6 cm³/mol. The van der Waals surface area contributed by atoms with Crippen LogP contribution in [0.3, 0.4) is 0 Å². The van der Waals surface area contributed by atoms with E-state index in [1.807, 2.05) is 0 Å². The molecule has 0 saturated heterocycles. The summed E-state index contributed by atoms with van der Waals surface area (Å²) in [7, 11) is -0.108. The number of nitrogens with two attached hydrogens (primary N) is 1. The lowest BCUT2D eigenvalue weighted by molar-refractivity contribution is 0.586. The Bertz CT molecular complexity index is 23.6. The van der Waals surface area contributed by atoms with Crippen LogP contribution >= 0.6 is 0 Å². The molecule has 0 spiro atoms. The van der Waals surface area contributed by atoms with Gasteiger partial charge in [0.1, 0.15) is 0 Å². The van der Waals surface area contributed by atoms with E-state index in [2.05, 4.69) is 0 Å². The number of rotatable bonds is 1. The van der Waals surface area contributed by atoms with Crippen molar-refractivity contribution in [1.29, 1.82) is 0 Å². The molecular formula is C2H7NOSi. The van der Waals surface area contributed by atoms with Crippen LogP contribution in [0, 0.1) is 0 Å². The second-order valence-electron chi connectivity index (χ2n) is 0.918. The van der Waals surface area contributed by atoms with Gasteiger partial charge in [0.2, 0.25) is 9.76 Å². The second kappa shape index (κ2) is 2.38. The molecule has 0 amide bonds. The van der Waals surface area contributed by atoms with E-state index >= 15 is 0 Å². The van der Waals surface area contributed by atoms with Crippen LogP contribution in [0.15, 0.2) is 0 Å². The lowest BCUT2D eigenvalue weighted by Gasteiger charge is -1.88. The van der Waals surface area contributed by atoms with Crippen LogP contribution in [0.5, 0.6) is 0 Å². The van der Waals surface area contributed by atoms with E-state index in [0.717, 1.165) is 0 Å². The average molecular weight is 89.2 g/mol. The molecule has 5 heavy (non-hydrogen) atoms. The van der Waals surface area contributed by atoms with Crippen LogP contribution < -0.4 is 5.73 Å². The molecule has 0 fully saturated rings. The molecule has 0 rings (SSSR count). The van der Waals surface area contributed by atoms with Gasteiger partial charge >= 0.3 is 0 Å². The predicted octanol–water partition coefficient (Wildman–Crippen LogP) is -1.10. The van der Waals surface area contributed by atoms with Crippen molar-refractivity contribution in [3.8, 4) is 0 Å². The molecule has 0 aromatic rings. The molecule has 0 aliphatic heterocycles. The lowest BCUT2D eigenvalue weighted by Crippen LogP contribution is -2.22. The number of hydrogen-bond acceptors (Lipinski definition) is 2. The van der Waals surface area contributed by atoms with Crippen molar-refractivity contribution >= 4 is 9.76 Å². The number of hydrogen-bond donors (Lipinski definition) is 2. The highest BCUT2D eigenvalue weighted by Crippen LogP contribution is 1.58. The summed E-state index contributed by atoms with van der Waals surface area (Å²) in [5.41, 5.74) is 5.02. The third kappa shape index (κ3) is 4.14. The second-order valence-corrected chi connectivity index (χ2v) is 2.09. The Balaban J connectivity index is 2.54. The van der Waals surface area contributed by atoms with E-state index in [-0.39, 0.29) is 15.4 Å². The van der Waals surface area contributed by atoms with Crippen LogP contribution in [0.4, 0.5) is 0 Å². The minimum absolute atomic E-state index is 0.0324. The van der Waals surface area contributed by atoms with E-state index in [1.165, 1.54) is 0 Å². The van der Waals surface area contributed by atoms with Gasteiger partial charge in [0.05, 0.1) is 0 Å². The molecule has 0 aromatic heterocycles. The maximum atomic E-state index is 8.05. The highest BCUT2D eigenvalue weighted by atomic mass is 28.2. The van der Waals surface area contributed by atoms with E-state index < -0.39 is 0 Å². The van der Waals surface area contributed by atoms with Crippen LogP contribution in [0.25, 0.3) is 0 Å². The first-order chi connectivity index (χ1) is 2.27. The minimum atomic E-state index is -0.108. The highest BCUT2D eigenvalue weighted by molar-refractivity contribution is 6.27. The van der Waals surface area contributed by atoms with Crippen molar-refractivity contribution < 1.29 is 4.80 Å². The molecular weight excluding hydrogens is 82.1 g/mol. The van der Waals surface area contributed by atoms with E-state index in [1.54, 1.807) is 6.92 Å². The zero-order valence-electron chi connectivity index (χ0n) is 3.10.